The van der Waals surface area contributed by atoms with Gasteiger partial charge in [0.05, 0.1) is 0 Å². The van der Waals surface area contributed by atoms with Crippen LogP contribution in [-0.2, 0) is 28.6 Å². The first kappa shape index (κ1) is 74.1. The molecule has 6 nitrogen and oxygen atoms in total. The Kier molecular flexibility index (Phi) is 63.2. The van der Waals surface area contributed by atoms with Gasteiger partial charge >= 0.3 is 17.9 Å². The van der Waals surface area contributed by atoms with Gasteiger partial charge in [-0.15, -0.1) is 0 Å². The molecule has 0 saturated carbocycles. The summed E-state index contributed by atoms with van der Waals surface area (Å²) in [5.74, 6) is -0.876. The summed E-state index contributed by atoms with van der Waals surface area (Å²) < 4.78 is 16.9. The van der Waals surface area contributed by atoms with Crippen LogP contribution in [0.3, 0.4) is 0 Å². The Balaban J connectivity index is 4.31. The van der Waals surface area contributed by atoms with Gasteiger partial charge in [0.15, 0.2) is 6.10 Å². The zero-order chi connectivity index (χ0) is 55.7. The fourth-order valence-electron chi connectivity index (χ4n) is 9.85. The third-order valence-electron chi connectivity index (χ3n) is 15.0. The Morgan fingerprint density at radius 1 is 0.260 bits per heavy atom. The van der Waals surface area contributed by atoms with Gasteiger partial charge in [-0.2, -0.15) is 0 Å². The van der Waals surface area contributed by atoms with Crippen molar-refractivity contribution >= 4 is 17.9 Å². The van der Waals surface area contributed by atoms with E-state index in [2.05, 4.69) is 81.5 Å². The molecule has 0 N–H and O–H groups in total. The number of allylic oxidation sites excluding steroid dienone is 10. The van der Waals surface area contributed by atoms with Crippen molar-refractivity contribution in [2.24, 2.45) is 0 Å². The number of hydrogen-bond acceptors (Lipinski definition) is 6. The summed E-state index contributed by atoms with van der Waals surface area (Å²) in [5.41, 5.74) is 0. The van der Waals surface area contributed by atoms with Gasteiger partial charge < -0.3 is 14.2 Å². The number of esters is 3. The summed E-state index contributed by atoms with van der Waals surface area (Å²) in [7, 11) is 0. The first-order chi connectivity index (χ1) is 38.0. The number of unbranched alkanes of at least 4 members (excludes halogenated alkanes) is 41. The zero-order valence-electron chi connectivity index (χ0n) is 51.5. The minimum Gasteiger partial charge on any atom is -0.462 e. The molecule has 0 aliphatic carbocycles. The topological polar surface area (TPSA) is 78.9 Å². The maximum Gasteiger partial charge on any atom is 0.306 e. The van der Waals surface area contributed by atoms with Gasteiger partial charge in [0, 0.05) is 19.3 Å². The molecule has 0 aromatic heterocycles. The molecule has 0 spiro atoms. The first-order valence-electron chi connectivity index (χ1n) is 33.8. The highest BCUT2D eigenvalue weighted by Gasteiger charge is 2.19. The average molecular weight is 1080 g/mol. The second-order valence-electron chi connectivity index (χ2n) is 22.7. The van der Waals surface area contributed by atoms with Crippen molar-refractivity contribution in [3.8, 4) is 0 Å². The van der Waals surface area contributed by atoms with Crippen LogP contribution in [0.1, 0.15) is 355 Å². The summed E-state index contributed by atoms with van der Waals surface area (Å²) in [6.45, 7) is 6.65. The monoisotopic (exact) mass is 1080 g/mol. The maximum atomic E-state index is 12.9. The summed E-state index contributed by atoms with van der Waals surface area (Å²) in [6, 6.07) is 0. The minimum absolute atomic E-state index is 0.0790. The standard InChI is InChI=1S/C71H128O6/c1-4-7-10-13-16-19-22-25-27-29-31-33-35-37-39-41-43-46-49-52-55-58-61-64-70(73)76-67-68(66-75-69(72)63-60-57-54-51-48-45-24-21-18-15-12-9-6-3)77-71(74)65-62-59-56-53-50-47-44-42-40-38-36-34-32-30-28-26-23-20-17-14-11-8-5-2/h21-22,24-25,29-32,35,37,68H,4-20,23,26-28,33-34,36,38-67H2,1-3H3/b24-21-,25-22-,31-29-,32-30-,37-35-. The van der Waals surface area contributed by atoms with Crippen LogP contribution in [0.2, 0.25) is 0 Å². The van der Waals surface area contributed by atoms with E-state index in [0.29, 0.717) is 19.3 Å². The van der Waals surface area contributed by atoms with E-state index in [1.807, 2.05) is 0 Å². The molecule has 0 heterocycles. The van der Waals surface area contributed by atoms with Gasteiger partial charge in [0.2, 0.25) is 0 Å². The van der Waals surface area contributed by atoms with Crippen molar-refractivity contribution in [2.45, 2.75) is 361 Å². The fraction of sp³-hybridized carbons (Fsp3) is 0.817. The highest BCUT2D eigenvalue weighted by molar-refractivity contribution is 5.71. The highest BCUT2D eigenvalue weighted by atomic mass is 16.6. The minimum atomic E-state index is -0.782. The van der Waals surface area contributed by atoms with Crippen molar-refractivity contribution in [2.75, 3.05) is 13.2 Å². The Bertz CT molecular complexity index is 1380. The Morgan fingerprint density at radius 3 is 0.753 bits per heavy atom. The zero-order valence-corrected chi connectivity index (χ0v) is 51.5. The molecule has 0 rings (SSSR count). The second kappa shape index (κ2) is 65.6. The molecule has 0 aliphatic rings. The molecule has 0 saturated heterocycles. The molecule has 0 amide bonds. The molecule has 6 heteroatoms. The normalized spacial score (nSPS) is 12.4. The Morgan fingerprint density at radius 2 is 0.468 bits per heavy atom. The van der Waals surface area contributed by atoms with E-state index in [1.165, 1.54) is 231 Å². The molecule has 77 heavy (non-hydrogen) atoms. The van der Waals surface area contributed by atoms with E-state index in [1.54, 1.807) is 0 Å². The average Bonchev–Trinajstić information content (AvgIpc) is 3.43. The molecule has 0 fully saturated rings. The predicted octanol–water partition coefficient (Wildman–Crippen LogP) is 23.1. The van der Waals surface area contributed by atoms with Crippen LogP contribution in [0.4, 0.5) is 0 Å². The smallest absolute Gasteiger partial charge is 0.306 e. The van der Waals surface area contributed by atoms with E-state index < -0.39 is 6.10 Å². The first-order valence-corrected chi connectivity index (χ1v) is 33.8. The maximum absolute atomic E-state index is 12.9. The lowest BCUT2D eigenvalue weighted by Gasteiger charge is -2.18. The van der Waals surface area contributed by atoms with E-state index >= 15 is 0 Å². The summed E-state index contributed by atoms with van der Waals surface area (Å²) >= 11 is 0. The molecular formula is C71H128O6. The van der Waals surface area contributed by atoms with Crippen molar-refractivity contribution in [1.29, 1.82) is 0 Å². The van der Waals surface area contributed by atoms with Crippen LogP contribution in [0.25, 0.3) is 0 Å². The molecule has 0 aromatic carbocycles. The summed E-state index contributed by atoms with van der Waals surface area (Å²) in [4.78, 5) is 38.4. The van der Waals surface area contributed by atoms with Crippen LogP contribution < -0.4 is 0 Å². The van der Waals surface area contributed by atoms with Crippen LogP contribution in [0, 0.1) is 0 Å². The van der Waals surface area contributed by atoms with Crippen LogP contribution in [0.15, 0.2) is 60.8 Å². The number of hydrogen-bond donors (Lipinski definition) is 0. The van der Waals surface area contributed by atoms with E-state index in [4.69, 9.17) is 14.2 Å². The van der Waals surface area contributed by atoms with E-state index in [-0.39, 0.29) is 31.1 Å². The van der Waals surface area contributed by atoms with Gasteiger partial charge in [-0.1, -0.05) is 287 Å². The van der Waals surface area contributed by atoms with E-state index in [0.717, 1.165) is 83.5 Å². The van der Waals surface area contributed by atoms with Crippen molar-refractivity contribution < 1.29 is 28.6 Å². The molecule has 0 radical (unpaired) electrons. The third kappa shape index (κ3) is 63.8. The van der Waals surface area contributed by atoms with Crippen LogP contribution >= 0.6 is 0 Å². The number of ether oxygens (including phenoxy) is 3. The van der Waals surface area contributed by atoms with Gasteiger partial charge in [-0.05, 0) is 109 Å². The van der Waals surface area contributed by atoms with Crippen molar-refractivity contribution in [3.05, 3.63) is 60.8 Å². The highest BCUT2D eigenvalue weighted by Crippen LogP contribution is 2.17. The summed E-state index contributed by atoms with van der Waals surface area (Å²) in [6.07, 6.45) is 83.8. The van der Waals surface area contributed by atoms with Crippen LogP contribution in [-0.4, -0.2) is 37.2 Å². The number of carbonyl (C=O) groups is 3. The lowest BCUT2D eigenvalue weighted by Crippen LogP contribution is -2.30. The lowest BCUT2D eigenvalue weighted by molar-refractivity contribution is -0.167. The van der Waals surface area contributed by atoms with Crippen molar-refractivity contribution in [1.82, 2.24) is 0 Å². The molecule has 1 unspecified atom stereocenters. The van der Waals surface area contributed by atoms with Gasteiger partial charge in [-0.25, -0.2) is 0 Å². The SMILES string of the molecule is CCCCCC/C=C\CCCCCCCC(=O)OCC(COC(=O)CCCCCCCCCC/C=C\C/C=C\C/C=C\CCCCCCC)OC(=O)CCCCCCCCCCCCC/C=C\CCCCCCCCCC. The van der Waals surface area contributed by atoms with Gasteiger partial charge in [0.25, 0.3) is 0 Å². The quantitative estimate of drug-likeness (QED) is 0.0261. The predicted molar refractivity (Wildman–Crippen MR) is 335 cm³/mol. The largest absolute Gasteiger partial charge is 0.462 e. The lowest BCUT2D eigenvalue weighted by atomic mass is 10.0. The second-order valence-corrected chi connectivity index (χ2v) is 22.7. The molecule has 0 aliphatic heterocycles. The van der Waals surface area contributed by atoms with Crippen molar-refractivity contribution in [3.63, 3.8) is 0 Å². The Hall–Kier alpha value is -2.89. The fourth-order valence-corrected chi connectivity index (χ4v) is 9.85. The molecule has 1 atom stereocenters. The molecule has 448 valence electrons. The van der Waals surface area contributed by atoms with Crippen LogP contribution in [0.5, 0.6) is 0 Å². The molecule has 0 aromatic rings. The molecule has 0 bridgehead atoms. The number of carbonyl (C=O) groups excluding carboxylic acids is 3. The van der Waals surface area contributed by atoms with E-state index in [9.17, 15) is 14.4 Å². The third-order valence-corrected chi connectivity index (χ3v) is 15.0. The molecular weight excluding hydrogens is 949 g/mol. The summed E-state index contributed by atoms with van der Waals surface area (Å²) in [5, 5.41) is 0. The number of rotatable bonds is 62. The van der Waals surface area contributed by atoms with Gasteiger partial charge in [-0.3, -0.25) is 14.4 Å². The Labute approximate surface area is 479 Å². The van der Waals surface area contributed by atoms with Gasteiger partial charge in [0.1, 0.15) is 13.2 Å².